The fourth-order valence-electron chi connectivity index (χ4n) is 2.21. The van der Waals surface area contributed by atoms with Crippen LogP contribution in [-0.2, 0) is 16.7 Å². The summed E-state index contributed by atoms with van der Waals surface area (Å²) in [4.78, 5) is 0.127. The largest absolute Gasteiger partial charge is 0.489 e. The Bertz CT molecular complexity index is 916. The molecule has 0 N–H and O–H groups in total. The van der Waals surface area contributed by atoms with Crippen molar-refractivity contribution in [2.75, 3.05) is 0 Å². The first-order chi connectivity index (χ1) is 12.0. The zero-order valence-corrected chi connectivity index (χ0v) is 14.6. The van der Waals surface area contributed by atoms with Crippen LogP contribution in [0.1, 0.15) is 11.1 Å². The smallest absolute Gasteiger partial charge is 0.339 e. The molecule has 3 aromatic carbocycles. The van der Waals surface area contributed by atoms with Crippen molar-refractivity contribution >= 4 is 10.1 Å². The Hall–Kier alpha value is -2.79. The second-order valence-electron chi connectivity index (χ2n) is 5.60. The molecule has 0 unspecified atom stereocenters. The van der Waals surface area contributed by atoms with Crippen LogP contribution in [0.15, 0.2) is 83.8 Å². The van der Waals surface area contributed by atoms with Crippen LogP contribution >= 0.6 is 0 Å². The Kier molecular flexibility index (Phi) is 5.05. The number of hydrogen-bond acceptors (Lipinski definition) is 4. The van der Waals surface area contributed by atoms with Crippen LogP contribution in [0.3, 0.4) is 0 Å². The fourth-order valence-corrected chi connectivity index (χ4v) is 3.14. The van der Waals surface area contributed by atoms with E-state index in [-0.39, 0.29) is 10.6 Å². The van der Waals surface area contributed by atoms with Crippen molar-refractivity contribution in [3.05, 3.63) is 90.0 Å². The molecule has 0 saturated heterocycles. The van der Waals surface area contributed by atoms with Gasteiger partial charge in [-0.1, -0.05) is 48.0 Å². The van der Waals surface area contributed by atoms with Crippen molar-refractivity contribution in [1.29, 1.82) is 0 Å². The first kappa shape index (κ1) is 17.0. The summed E-state index contributed by atoms with van der Waals surface area (Å²) in [5.41, 5.74) is 2.05. The highest BCUT2D eigenvalue weighted by atomic mass is 32.2. The Labute approximate surface area is 147 Å². The second kappa shape index (κ2) is 7.40. The van der Waals surface area contributed by atoms with E-state index in [2.05, 4.69) is 0 Å². The van der Waals surface area contributed by atoms with Gasteiger partial charge in [0.25, 0.3) is 0 Å². The van der Waals surface area contributed by atoms with Gasteiger partial charge in [-0.2, -0.15) is 8.42 Å². The van der Waals surface area contributed by atoms with E-state index in [1.807, 2.05) is 37.3 Å². The maximum atomic E-state index is 12.3. The molecule has 25 heavy (non-hydrogen) atoms. The van der Waals surface area contributed by atoms with Crippen molar-refractivity contribution in [2.24, 2.45) is 0 Å². The van der Waals surface area contributed by atoms with Gasteiger partial charge in [-0.25, -0.2) is 0 Å². The van der Waals surface area contributed by atoms with Gasteiger partial charge in [-0.15, -0.1) is 0 Å². The summed E-state index contributed by atoms with van der Waals surface area (Å²) < 4.78 is 35.3. The van der Waals surface area contributed by atoms with Gasteiger partial charge >= 0.3 is 10.1 Å². The summed E-state index contributed by atoms with van der Waals surface area (Å²) in [5.74, 6) is 0.886. The van der Waals surface area contributed by atoms with Crippen LogP contribution in [0.5, 0.6) is 11.5 Å². The highest BCUT2D eigenvalue weighted by Crippen LogP contribution is 2.22. The molecule has 0 aliphatic carbocycles. The van der Waals surface area contributed by atoms with E-state index in [1.165, 1.54) is 12.1 Å². The number of aryl methyl sites for hydroxylation is 1. The lowest BCUT2D eigenvalue weighted by molar-refractivity contribution is 0.306. The summed E-state index contributed by atoms with van der Waals surface area (Å²) in [7, 11) is -3.84. The zero-order chi connectivity index (χ0) is 17.7. The van der Waals surface area contributed by atoms with Crippen molar-refractivity contribution < 1.29 is 17.3 Å². The topological polar surface area (TPSA) is 52.6 Å². The van der Waals surface area contributed by atoms with Gasteiger partial charge in [0.1, 0.15) is 23.0 Å². The van der Waals surface area contributed by atoms with Crippen molar-refractivity contribution in [3.63, 3.8) is 0 Å². The second-order valence-corrected chi connectivity index (χ2v) is 7.14. The van der Waals surface area contributed by atoms with Crippen LogP contribution in [0.25, 0.3) is 0 Å². The lowest BCUT2D eigenvalue weighted by atomic mass is 10.2. The molecule has 0 aliphatic heterocycles. The molecule has 0 saturated carbocycles. The van der Waals surface area contributed by atoms with Crippen LogP contribution in [0.2, 0.25) is 0 Å². The van der Waals surface area contributed by atoms with E-state index in [4.69, 9.17) is 8.92 Å². The maximum absolute atomic E-state index is 12.3. The zero-order valence-electron chi connectivity index (χ0n) is 13.8. The van der Waals surface area contributed by atoms with Crippen molar-refractivity contribution in [2.45, 2.75) is 18.4 Å². The van der Waals surface area contributed by atoms with Gasteiger partial charge in [0, 0.05) is 0 Å². The van der Waals surface area contributed by atoms with Crippen molar-refractivity contribution in [3.8, 4) is 11.5 Å². The molecule has 128 valence electrons. The highest BCUT2D eigenvalue weighted by Gasteiger charge is 2.16. The molecule has 0 aliphatic rings. The van der Waals surface area contributed by atoms with Crippen LogP contribution in [-0.4, -0.2) is 8.42 Å². The van der Waals surface area contributed by atoms with Gasteiger partial charge < -0.3 is 8.92 Å². The minimum atomic E-state index is -3.84. The van der Waals surface area contributed by atoms with Gasteiger partial charge in [0.05, 0.1) is 0 Å². The van der Waals surface area contributed by atoms with E-state index in [1.54, 1.807) is 36.4 Å². The maximum Gasteiger partial charge on any atom is 0.339 e. The summed E-state index contributed by atoms with van der Waals surface area (Å²) >= 11 is 0. The average molecular weight is 354 g/mol. The SMILES string of the molecule is Cc1ccc(S(=O)(=O)Oc2ccc(OCc3ccccc3)cc2)cc1. The quantitative estimate of drug-likeness (QED) is 0.618. The lowest BCUT2D eigenvalue weighted by Gasteiger charge is -2.09. The Morgan fingerprint density at radius 1 is 0.760 bits per heavy atom. The number of rotatable bonds is 6. The molecular formula is C20H18O4S. The fraction of sp³-hybridized carbons (Fsp3) is 0.100. The average Bonchev–Trinajstić information content (AvgIpc) is 2.62. The van der Waals surface area contributed by atoms with Crippen molar-refractivity contribution in [1.82, 2.24) is 0 Å². The molecule has 3 aromatic rings. The monoisotopic (exact) mass is 354 g/mol. The van der Waals surface area contributed by atoms with Gasteiger partial charge in [0.2, 0.25) is 0 Å². The van der Waals surface area contributed by atoms with Gasteiger partial charge in [-0.3, -0.25) is 0 Å². The van der Waals surface area contributed by atoms with Crippen LogP contribution < -0.4 is 8.92 Å². The third-order valence-electron chi connectivity index (χ3n) is 3.59. The third-order valence-corrected chi connectivity index (χ3v) is 4.85. The molecular weight excluding hydrogens is 336 g/mol. The van der Waals surface area contributed by atoms with E-state index in [0.29, 0.717) is 12.4 Å². The Morgan fingerprint density at radius 2 is 1.36 bits per heavy atom. The minimum Gasteiger partial charge on any atom is -0.489 e. The third kappa shape index (κ3) is 4.61. The van der Waals surface area contributed by atoms with E-state index >= 15 is 0 Å². The molecule has 0 aromatic heterocycles. The summed E-state index contributed by atoms with van der Waals surface area (Å²) in [6.07, 6.45) is 0. The summed E-state index contributed by atoms with van der Waals surface area (Å²) in [6, 6.07) is 22.8. The molecule has 0 amide bonds. The molecule has 0 radical (unpaired) electrons. The lowest BCUT2D eigenvalue weighted by Crippen LogP contribution is -2.09. The first-order valence-electron chi connectivity index (χ1n) is 7.81. The predicted octanol–water partition coefficient (Wildman–Crippen LogP) is 4.34. The Balaban J connectivity index is 1.65. The van der Waals surface area contributed by atoms with Gasteiger partial charge in [-0.05, 0) is 48.9 Å². The predicted molar refractivity (Wildman–Crippen MR) is 96.2 cm³/mol. The highest BCUT2D eigenvalue weighted by molar-refractivity contribution is 7.87. The molecule has 0 fully saturated rings. The molecule has 0 heterocycles. The normalized spacial score (nSPS) is 11.1. The van der Waals surface area contributed by atoms with Crippen LogP contribution in [0, 0.1) is 6.92 Å². The molecule has 3 rings (SSSR count). The van der Waals surface area contributed by atoms with Crippen LogP contribution in [0.4, 0.5) is 0 Å². The number of ether oxygens (including phenoxy) is 1. The molecule has 5 heteroatoms. The Morgan fingerprint density at radius 3 is 2.00 bits per heavy atom. The molecule has 4 nitrogen and oxygen atoms in total. The van der Waals surface area contributed by atoms with E-state index in [0.717, 1.165) is 11.1 Å². The van der Waals surface area contributed by atoms with Gasteiger partial charge in [0.15, 0.2) is 0 Å². The number of hydrogen-bond donors (Lipinski definition) is 0. The summed E-state index contributed by atoms with van der Waals surface area (Å²) in [6.45, 7) is 2.34. The summed E-state index contributed by atoms with van der Waals surface area (Å²) in [5, 5.41) is 0. The van der Waals surface area contributed by atoms with E-state index in [9.17, 15) is 8.42 Å². The van der Waals surface area contributed by atoms with E-state index < -0.39 is 10.1 Å². The minimum absolute atomic E-state index is 0.127. The first-order valence-corrected chi connectivity index (χ1v) is 9.22. The molecule has 0 atom stereocenters. The number of benzene rings is 3. The standard InChI is InChI=1S/C20H18O4S/c1-16-7-13-20(14-8-16)25(21,22)24-19-11-9-18(10-12-19)23-15-17-5-3-2-4-6-17/h2-14H,15H2,1H3. The molecule has 0 bridgehead atoms. The molecule has 0 spiro atoms.